The lowest BCUT2D eigenvalue weighted by molar-refractivity contribution is -0.147. The van der Waals surface area contributed by atoms with Gasteiger partial charge in [-0.05, 0) is 42.0 Å². The molecule has 1 amide bonds. The van der Waals surface area contributed by atoms with Gasteiger partial charge in [-0.3, -0.25) is 14.4 Å². The molecule has 0 N–H and O–H groups in total. The minimum atomic E-state index is -0.652. The Balaban J connectivity index is 1.25. The maximum Gasteiger partial charge on any atom is 0.379 e. The third-order valence-corrected chi connectivity index (χ3v) is 5.22. The Morgan fingerprint density at radius 3 is 2.42 bits per heavy atom. The van der Waals surface area contributed by atoms with Crippen LogP contribution in [0.25, 0.3) is 0 Å². The van der Waals surface area contributed by atoms with E-state index < -0.39 is 30.2 Å². The van der Waals surface area contributed by atoms with E-state index in [1.54, 1.807) is 11.0 Å². The molecular formula is C25H21NO7. The number of Topliss-reactive ketones (excluding diaryl/α,β-unsaturated/α-hetero) is 1. The van der Waals surface area contributed by atoms with Gasteiger partial charge in [-0.25, -0.2) is 4.79 Å². The highest BCUT2D eigenvalue weighted by molar-refractivity contribution is 5.98. The maximum absolute atomic E-state index is 12.4. The van der Waals surface area contributed by atoms with Crippen LogP contribution in [0.3, 0.4) is 0 Å². The minimum Gasteiger partial charge on any atom is -0.457 e. The molecule has 0 radical (unpaired) electrons. The van der Waals surface area contributed by atoms with Crippen molar-refractivity contribution < 1.29 is 33.1 Å². The van der Waals surface area contributed by atoms with Crippen molar-refractivity contribution in [3.05, 3.63) is 89.9 Å². The fourth-order valence-electron chi connectivity index (χ4n) is 3.49. The first kappa shape index (κ1) is 22.0. The predicted molar refractivity (Wildman–Crippen MR) is 115 cm³/mol. The molecule has 2 heterocycles. The Morgan fingerprint density at radius 1 is 0.970 bits per heavy atom. The van der Waals surface area contributed by atoms with Crippen LogP contribution in [-0.4, -0.2) is 41.7 Å². The average molecular weight is 447 g/mol. The smallest absolute Gasteiger partial charge is 0.379 e. The van der Waals surface area contributed by atoms with E-state index >= 15 is 0 Å². The third kappa shape index (κ3) is 5.54. The second-order valence-corrected chi connectivity index (χ2v) is 7.58. The standard InChI is InChI=1S/C25H21NO7/c27-21(18-8-10-20(11-9-18)33-25(30)22-7-4-12-31-22)16-32-24(29)19-13-23(28)26(15-19)14-17-5-2-1-3-6-17/h1-12,19H,13-16H2. The molecule has 1 atom stereocenters. The highest BCUT2D eigenvalue weighted by Gasteiger charge is 2.35. The summed E-state index contributed by atoms with van der Waals surface area (Å²) in [6.07, 6.45) is 1.43. The number of ketones is 1. The van der Waals surface area contributed by atoms with Gasteiger partial charge in [0.2, 0.25) is 11.7 Å². The van der Waals surface area contributed by atoms with Gasteiger partial charge in [-0.1, -0.05) is 30.3 Å². The normalized spacial score (nSPS) is 15.3. The number of likely N-dealkylation sites (tertiary alicyclic amines) is 1. The van der Waals surface area contributed by atoms with E-state index in [0.29, 0.717) is 12.1 Å². The molecule has 168 valence electrons. The van der Waals surface area contributed by atoms with Crippen LogP contribution in [0.15, 0.2) is 77.4 Å². The lowest BCUT2D eigenvalue weighted by Crippen LogP contribution is -2.27. The van der Waals surface area contributed by atoms with Gasteiger partial charge < -0.3 is 18.8 Å². The van der Waals surface area contributed by atoms with Crippen molar-refractivity contribution in [1.82, 2.24) is 4.90 Å². The summed E-state index contributed by atoms with van der Waals surface area (Å²) >= 11 is 0. The van der Waals surface area contributed by atoms with Crippen LogP contribution in [-0.2, 0) is 20.9 Å². The van der Waals surface area contributed by atoms with Crippen LogP contribution in [0.4, 0.5) is 0 Å². The number of carbonyl (C=O) groups is 4. The number of amides is 1. The van der Waals surface area contributed by atoms with Gasteiger partial charge >= 0.3 is 11.9 Å². The number of rotatable bonds is 8. The van der Waals surface area contributed by atoms with E-state index in [2.05, 4.69) is 0 Å². The Bertz CT molecular complexity index is 1140. The molecule has 1 aliphatic heterocycles. The summed E-state index contributed by atoms with van der Waals surface area (Å²) in [6.45, 7) is 0.253. The molecule has 0 aliphatic carbocycles. The fraction of sp³-hybridized carbons (Fsp3) is 0.200. The Labute approximate surface area is 189 Å². The zero-order valence-electron chi connectivity index (χ0n) is 17.6. The molecule has 1 aromatic heterocycles. The van der Waals surface area contributed by atoms with Crippen molar-refractivity contribution in [3.63, 3.8) is 0 Å². The maximum atomic E-state index is 12.4. The van der Waals surface area contributed by atoms with E-state index in [1.807, 2.05) is 30.3 Å². The van der Waals surface area contributed by atoms with E-state index in [9.17, 15) is 19.2 Å². The molecule has 0 spiro atoms. The van der Waals surface area contributed by atoms with Crippen molar-refractivity contribution in [2.75, 3.05) is 13.2 Å². The summed E-state index contributed by atoms with van der Waals surface area (Å²) < 4.78 is 15.3. The molecule has 1 fully saturated rings. The predicted octanol–water partition coefficient (Wildman–Crippen LogP) is 3.27. The number of furan rings is 1. The molecule has 1 aliphatic rings. The lowest BCUT2D eigenvalue weighted by atomic mass is 10.1. The van der Waals surface area contributed by atoms with Gasteiger partial charge in [0.1, 0.15) is 5.75 Å². The molecule has 8 nitrogen and oxygen atoms in total. The van der Waals surface area contributed by atoms with Gasteiger partial charge in [0, 0.05) is 25.1 Å². The molecule has 4 rings (SSSR count). The van der Waals surface area contributed by atoms with Gasteiger partial charge in [0.05, 0.1) is 12.2 Å². The SMILES string of the molecule is O=C(COC(=O)C1CC(=O)N(Cc2ccccc2)C1)c1ccc(OC(=O)c2ccco2)cc1. The topological polar surface area (TPSA) is 103 Å². The number of hydrogen-bond donors (Lipinski definition) is 0. The summed E-state index contributed by atoms with van der Waals surface area (Å²) in [7, 11) is 0. The molecule has 0 saturated carbocycles. The Morgan fingerprint density at radius 2 is 1.73 bits per heavy atom. The zero-order valence-corrected chi connectivity index (χ0v) is 17.6. The molecule has 1 unspecified atom stereocenters. The van der Waals surface area contributed by atoms with Crippen LogP contribution in [0.2, 0.25) is 0 Å². The van der Waals surface area contributed by atoms with E-state index in [1.165, 1.54) is 36.6 Å². The Kier molecular flexibility index (Phi) is 6.64. The molecule has 8 heteroatoms. The summed E-state index contributed by atoms with van der Waals surface area (Å²) in [5.74, 6) is -2.04. The quantitative estimate of drug-likeness (QED) is 0.297. The summed E-state index contributed by atoms with van der Waals surface area (Å²) in [5.41, 5.74) is 1.28. The average Bonchev–Trinajstić information content (AvgIpc) is 3.49. The van der Waals surface area contributed by atoms with Crippen LogP contribution in [0, 0.1) is 5.92 Å². The monoisotopic (exact) mass is 447 g/mol. The first-order valence-electron chi connectivity index (χ1n) is 10.4. The number of benzene rings is 2. The van der Waals surface area contributed by atoms with Crippen molar-refractivity contribution >= 4 is 23.6 Å². The molecule has 0 bridgehead atoms. The van der Waals surface area contributed by atoms with Gasteiger partial charge in [0.15, 0.2) is 12.4 Å². The highest BCUT2D eigenvalue weighted by atomic mass is 16.5. The van der Waals surface area contributed by atoms with Crippen molar-refractivity contribution in [2.45, 2.75) is 13.0 Å². The summed E-state index contributed by atoms with van der Waals surface area (Å²) in [4.78, 5) is 50.5. The number of esters is 2. The molecule has 2 aromatic carbocycles. The van der Waals surface area contributed by atoms with Gasteiger partial charge in [0.25, 0.3) is 0 Å². The summed E-state index contributed by atoms with van der Waals surface area (Å²) in [6, 6.07) is 18.4. The molecular weight excluding hydrogens is 426 g/mol. The van der Waals surface area contributed by atoms with Crippen LogP contribution in [0.5, 0.6) is 5.75 Å². The zero-order chi connectivity index (χ0) is 23.2. The van der Waals surface area contributed by atoms with Crippen molar-refractivity contribution in [3.8, 4) is 5.75 Å². The van der Waals surface area contributed by atoms with Crippen LogP contribution in [0.1, 0.15) is 32.9 Å². The van der Waals surface area contributed by atoms with Crippen molar-refractivity contribution in [1.29, 1.82) is 0 Å². The number of carbonyl (C=O) groups excluding carboxylic acids is 4. The second-order valence-electron chi connectivity index (χ2n) is 7.58. The fourth-order valence-corrected chi connectivity index (χ4v) is 3.49. The largest absolute Gasteiger partial charge is 0.457 e. The van der Waals surface area contributed by atoms with E-state index in [4.69, 9.17) is 13.9 Å². The van der Waals surface area contributed by atoms with Crippen LogP contribution < -0.4 is 4.74 Å². The number of ether oxygens (including phenoxy) is 2. The van der Waals surface area contributed by atoms with Crippen molar-refractivity contribution in [2.24, 2.45) is 5.92 Å². The molecule has 33 heavy (non-hydrogen) atoms. The van der Waals surface area contributed by atoms with Crippen LogP contribution >= 0.6 is 0 Å². The number of hydrogen-bond acceptors (Lipinski definition) is 7. The third-order valence-electron chi connectivity index (χ3n) is 5.22. The first-order chi connectivity index (χ1) is 16.0. The number of nitrogens with zero attached hydrogens (tertiary/aromatic N) is 1. The molecule has 3 aromatic rings. The van der Waals surface area contributed by atoms with E-state index in [0.717, 1.165) is 5.56 Å². The van der Waals surface area contributed by atoms with E-state index in [-0.39, 0.29) is 30.4 Å². The summed E-state index contributed by atoms with van der Waals surface area (Å²) in [5, 5.41) is 0. The minimum absolute atomic E-state index is 0.0646. The van der Waals surface area contributed by atoms with Gasteiger partial charge in [-0.2, -0.15) is 0 Å². The second kappa shape index (κ2) is 9.95. The first-order valence-corrected chi connectivity index (χ1v) is 10.4. The Hall–Kier alpha value is -4.20. The lowest BCUT2D eigenvalue weighted by Gasteiger charge is -2.16. The highest BCUT2D eigenvalue weighted by Crippen LogP contribution is 2.22. The molecule has 1 saturated heterocycles. The van der Waals surface area contributed by atoms with Gasteiger partial charge in [-0.15, -0.1) is 0 Å².